The van der Waals surface area contributed by atoms with Crippen molar-refractivity contribution in [2.45, 2.75) is 0 Å². The van der Waals surface area contributed by atoms with E-state index in [-0.39, 0.29) is 12.6 Å². The second kappa shape index (κ2) is 7.68. The topological polar surface area (TPSA) is 51.2 Å². The van der Waals surface area contributed by atoms with Crippen molar-refractivity contribution in [3.63, 3.8) is 0 Å². The number of piperazine rings is 1. The molecule has 0 bridgehead atoms. The fourth-order valence-electron chi connectivity index (χ4n) is 2.93. The highest BCUT2D eigenvalue weighted by Crippen LogP contribution is 2.29. The van der Waals surface area contributed by atoms with Crippen LogP contribution in [0.4, 0.5) is 0 Å². The number of likely N-dealkylation sites (N-methyl/N-ethyl adjacent to an activating group) is 1. The molecular weight excluding hydrogens is 308 g/mol. The minimum Gasteiger partial charge on any atom is -0.497 e. The Balaban J connectivity index is 1.63. The summed E-state index contributed by atoms with van der Waals surface area (Å²) in [5.41, 5.74) is 1.28. The van der Waals surface area contributed by atoms with Gasteiger partial charge in [-0.05, 0) is 24.7 Å². The molecule has 130 valence electrons. The third-order valence-corrected chi connectivity index (χ3v) is 4.46. The average Bonchev–Trinajstić information content (AvgIpc) is 2.97. The van der Waals surface area contributed by atoms with E-state index >= 15 is 0 Å². The minimum atomic E-state index is -0.335. The molecule has 1 aromatic rings. The van der Waals surface area contributed by atoms with Crippen molar-refractivity contribution in [2.75, 3.05) is 60.1 Å². The van der Waals surface area contributed by atoms with Gasteiger partial charge in [-0.2, -0.15) is 0 Å². The lowest BCUT2D eigenvalue weighted by atomic mass is 10.1. The predicted octanol–water partition coefficient (Wildman–Crippen LogP) is 1.23. The molecule has 1 aromatic carbocycles. The molecule has 0 N–H and O–H groups in total. The van der Waals surface area contributed by atoms with Crippen LogP contribution in [0.3, 0.4) is 0 Å². The van der Waals surface area contributed by atoms with Gasteiger partial charge < -0.3 is 19.1 Å². The van der Waals surface area contributed by atoms with Gasteiger partial charge in [0, 0.05) is 32.7 Å². The lowest BCUT2D eigenvalue weighted by Gasteiger charge is -2.32. The summed E-state index contributed by atoms with van der Waals surface area (Å²) in [6, 6.07) is 7.40. The first-order valence-corrected chi connectivity index (χ1v) is 8.26. The molecule has 2 aliphatic rings. The highest BCUT2D eigenvalue weighted by atomic mass is 16.6. The fourth-order valence-corrected chi connectivity index (χ4v) is 2.93. The second-order valence-electron chi connectivity index (χ2n) is 6.10. The molecule has 3 rings (SSSR count). The van der Waals surface area contributed by atoms with Gasteiger partial charge in [0.2, 0.25) is 0 Å². The average molecular weight is 332 g/mol. The summed E-state index contributed by atoms with van der Waals surface area (Å²) in [6.07, 6.45) is 0. The van der Waals surface area contributed by atoms with Crippen molar-refractivity contribution in [2.24, 2.45) is 0 Å². The van der Waals surface area contributed by atoms with Gasteiger partial charge in [-0.15, -0.1) is 0 Å². The summed E-state index contributed by atoms with van der Waals surface area (Å²) < 4.78 is 16.3. The van der Waals surface area contributed by atoms with Gasteiger partial charge in [0.05, 0.1) is 7.11 Å². The predicted molar refractivity (Wildman–Crippen MR) is 90.8 cm³/mol. The van der Waals surface area contributed by atoms with Crippen LogP contribution in [-0.2, 0) is 14.3 Å². The lowest BCUT2D eigenvalue weighted by molar-refractivity contribution is -0.134. The largest absolute Gasteiger partial charge is 0.497 e. The van der Waals surface area contributed by atoms with Crippen LogP contribution in [0, 0.1) is 0 Å². The van der Waals surface area contributed by atoms with Gasteiger partial charge in [-0.1, -0.05) is 12.1 Å². The molecule has 0 atom stereocenters. The maximum atomic E-state index is 12.1. The standard InChI is InChI=1S/C18H24N2O4/c1-19-6-8-20(9-7-19)10-11-23-16-13-24-18(21)17(16)14-4-3-5-15(12-14)22-2/h3-5,12H,6-11,13H2,1-2H3. The van der Waals surface area contributed by atoms with E-state index in [9.17, 15) is 4.79 Å². The zero-order chi connectivity index (χ0) is 16.9. The molecule has 1 saturated heterocycles. The van der Waals surface area contributed by atoms with E-state index in [1.54, 1.807) is 7.11 Å². The van der Waals surface area contributed by atoms with Crippen molar-refractivity contribution in [1.82, 2.24) is 9.80 Å². The number of rotatable bonds is 6. The van der Waals surface area contributed by atoms with E-state index in [2.05, 4.69) is 16.8 Å². The van der Waals surface area contributed by atoms with E-state index in [4.69, 9.17) is 14.2 Å². The Morgan fingerprint density at radius 2 is 2.00 bits per heavy atom. The number of hydrogen-bond donors (Lipinski definition) is 0. The van der Waals surface area contributed by atoms with Gasteiger partial charge in [-0.3, -0.25) is 4.90 Å². The number of ether oxygens (including phenoxy) is 3. The van der Waals surface area contributed by atoms with E-state index in [0.29, 0.717) is 23.7 Å². The Morgan fingerprint density at radius 1 is 1.21 bits per heavy atom. The van der Waals surface area contributed by atoms with E-state index < -0.39 is 0 Å². The maximum absolute atomic E-state index is 12.1. The third kappa shape index (κ3) is 3.88. The first-order chi connectivity index (χ1) is 11.7. The summed E-state index contributed by atoms with van der Waals surface area (Å²) in [7, 11) is 3.74. The Kier molecular flexibility index (Phi) is 5.37. The molecule has 6 heteroatoms. The van der Waals surface area contributed by atoms with Crippen LogP contribution in [0.2, 0.25) is 0 Å². The molecule has 0 radical (unpaired) electrons. The lowest BCUT2D eigenvalue weighted by Crippen LogP contribution is -2.45. The molecule has 0 unspecified atom stereocenters. The van der Waals surface area contributed by atoms with Crippen LogP contribution in [0.5, 0.6) is 5.75 Å². The Bertz CT molecular complexity index is 621. The number of carbonyl (C=O) groups is 1. The fraction of sp³-hybridized carbons (Fsp3) is 0.500. The SMILES string of the molecule is COc1cccc(C2=C(OCCN3CCN(C)CC3)COC2=O)c1. The molecule has 24 heavy (non-hydrogen) atoms. The van der Waals surface area contributed by atoms with Gasteiger partial charge in [0.15, 0.2) is 0 Å². The maximum Gasteiger partial charge on any atom is 0.342 e. The number of benzene rings is 1. The van der Waals surface area contributed by atoms with Crippen molar-refractivity contribution >= 4 is 11.5 Å². The van der Waals surface area contributed by atoms with Crippen LogP contribution < -0.4 is 4.74 Å². The monoisotopic (exact) mass is 332 g/mol. The van der Waals surface area contributed by atoms with Crippen LogP contribution in [0.15, 0.2) is 30.0 Å². The van der Waals surface area contributed by atoms with Crippen LogP contribution >= 0.6 is 0 Å². The Morgan fingerprint density at radius 3 is 2.75 bits per heavy atom. The second-order valence-corrected chi connectivity index (χ2v) is 6.10. The number of nitrogens with zero attached hydrogens (tertiary/aromatic N) is 2. The first kappa shape index (κ1) is 16.8. The molecule has 0 amide bonds. The molecular formula is C18H24N2O4. The first-order valence-electron chi connectivity index (χ1n) is 8.26. The summed E-state index contributed by atoms with van der Waals surface area (Å²) in [6.45, 7) is 5.89. The molecule has 1 fully saturated rings. The summed E-state index contributed by atoms with van der Waals surface area (Å²) in [4.78, 5) is 16.8. The number of esters is 1. The molecule has 0 aromatic heterocycles. The highest BCUT2D eigenvalue weighted by Gasteiger charge is 2.28. The summed E-state index contributed by atoms with van der Waals surface area (Å²) >= 11 is 0. The van der Waals surface area contributed by atoms with Crippen molar-refractivity contribution < 1.29 is 19.0 Å². The quantitative estimate of drug-likeness (QED) is 0.731. The minimum absolute atomic E-state index is 0.202. The van der Waals surface area contributed by atoms with E-state index in [0.717, 1.165) is 38.3 Å². The van der Waals surface area contributed by atoms with E-state index in [1.807, 2.05) is 24.3 Å². The van der Waals surface area contributed by atoms with Gasteiger partial charge >= 0.3 is 5.97 Å². The molecule has 0 saturated carbocycles. The normalized spacial score (nSPS) is 19.5. The molecule has 0 aliphatic carbocycles. The van der Waals surface area contributed by atoms with Gasteiger partial charge in [0.1, 0.15) is 30.3 Å². The zero-order valence-electron chi connectivity index (χ0n) is 14.3. The molecule has 6 nitrogen and oxygen atoms in total. The summed E-state index contributed by atoms with van der Waals surface area (Å²) in [5, 5.41) is 0. The Hall–Kier alpha value is -2.05. The summed E-state index contributed by atoms with van der Waals surface area (Å²) in [5.74, 6) is 0.983. The molecule has 0 spiro atoms. The highest BCUT2D eigenvalue weighted by molar-refractivity contribution is 6.19. The zero-order valence-corrected chi connectivity index (χ0v) is 14.3. The number of methoxy groups -OCH3 is 1. The molecule has 2 heterocycles. The van der Waals surface area contributed by atoms with Gasteiger partial charge in [0.25, 0.3) is 0 Å². The number of cyclic esters (lactones) is 1. The molecule has 2 aliphatic heterocycles. The van der Waals surface area contributed by atoms with Crippen LogP contribution in [0.25, 0.3) is 5.57 Å². The number of carbonyl (C=O) groups excluding carboxylic acids is 1. The smallest absolute Gasteiger partial charge is 0.342 e. The van der Waals surface area contributed by atoms with Crippen LogP contribution in [0.1, 0.15) is 5.56 Å². The van der Waals surface area contributed by atoms with Crippen LogP contribution in [-0.4, -0.2) is 75.9 Å². The number of hydrogen-bond acceptors (Lipinski definition) is 6. The van der Waals surface area contributed by atoms with Crippen molar-refractivity contribution in [3.05, 3.63) is 35.6 Å². The third-order valence-electron chi connectivity index (χ3n) is 4.46. The van der Waals surface area contributed by atoms with Crippen molar-refractivity contribution in [3.8, 4) is 5.75 Å². The van der Waals surface area contributed by atoms with Gasteiger partial charge in [-0.25, -0.2) is 4.79 Å². The van der Waals surface area contributed by atoms with E-state index in [1.165, 1.54) is 0 Å². The van der Waals surface area contributed by atoms with Crippen molar-refractivity contribution in [1.29, 1.82) is 0 Å². The Labute approximate surface area is 142 Å².